The molecule has 0 aliphatic carbocycles. The van der Waals surface area contributed by atoms with Gasteiger partial charge < -0.3 is 15.2 Å². The van der Waals surface area contributed by atoms with E-state index in [-0.39, 0.29) is 5.78 Å². The van der Waals surface area contributed by atoms with Crippen LogP contribution < -0.4 is 5.32 Å². The SMILES string of the molecule is O=C(CCN1CCCNCC1)c1c[nH]c2ccccc12. The standard InChI is InChI=1S/C16H21N3O/c20-16(6-10-19-9-3-7-17-8-11-19)14-12-18-15-5-2-1-4-13(14)15/h1-2,4-5,12,17-18H,3,6-11H2. The summed E-state index contributed by atoms with van der Waals surface area (Å²) in [5, 5.41) is 4.42. The summed E-state index contributed by atoms with van der Waals surface area (Å²) in [7, 11) is 0. The van der Waals surface area contributed by atoms with Gasteiger partial charge >= 0.3 is 0 Å². The molecule has 0 saturated carbocycles. The Bertz CT molecular complexity index is 582. The van der Waals surface area contributed by atoms with Gasteiger partial charge in [0.1, 0.15) is 0 Å². The number of para-hydroxylation sites is 1. The van der Waals surface area contributed by atoms with Crippen LogP contribution in [-0.2, 0) is 0 Å². The Kier molecular flexibility index (Phi) is 4.14. The summed E-state index contributed by atoms with van der Waals surface area (Å²) in [4.78, 5) is 17.9. The molecule has 4 heteroatoms. The molecule has 4 nitrogen and oxygen atoms in total. The Morgan fingerprint density at radius 3 is 3.05 bits per heavy atom. The van der Waals surface area contributed by atoms with Crippen LogP contribution in [0.15, 0.2) is 30.5 Å². The molecule has 1 fully saturated rings. The molecule has 106 valence electrons. The summed E-state index contributed by atoms with van der Waals surface area (Å²) in [6.45, 7) is 5.11. The number of hydrogen-bond acceptors (Lipinski definition) is 3. The smallest absolute Gasteiger partial charge is 0.166 e. The van der Waals surface area contributed by atoms with Gasteiger partial charge in [0.15, 0.2) is 5.78 Å². The minimum atomic E-state index is 0.236. The molecule has 0 radical (unpaired) electrons. The second kappa shape index (κ2) is 6.20. The lowest BCUT2D eigenvalue weighted by Gasteiger charge is -2.18. The van der Waals surface area contributed by atoms with E-state index in [0.29, 0.717) is 6.42 Å². The molecule has 2 heterocycles. The lowest BCUT2D eigenvalue weighted by atomic mass is 10.1. The number of aromatic nitrogens is 1. The van der Waals surface area contributed by atoms with Crippen LogP contribution in [-0.4, -0.2) is 48.4 Å². The number of carbonyl (C=O) groups excluding carboxylic acids is 1. The number of H-pyrrole nitrogens is 1. The van der Waals surface area contributed by atoms with Crippen LogP contribution in [0.1, 0.15) is 23.2 Å². The average molecular weight is 271 g/mol. The molecule has 0 spiro atoms. The van der Waals surface area contributed by atoms with Gasteiger partial charge in [-0.15, -0.1) is 0 Å². The predicted molar refractivity (Wildman–Crippen MR) is 81.2 cm³/mol. The number of aromatic amines is 1. The summed E-state index contributed by atoms with van der Waals surface area (Å²) < 4.78 is 0. The minimum Gasteiger partial charge on any atom is -0.360 e. The summed E-state index contributed by atoms with van der Waals surface area (Å²) in [6, 6.07) is 7.98. The molecule has 2 N–H and O–H groups in total. The van der Waals surface area contributed by atoms with Gasteiger partial charge in [0.25, 0.3) is 0 Å². The van der Waals surface area contributed by atoms with E-state index < -0.39 is 0 Å². The van der Waals surface area contributed by atoms with Gasteiger partial charge in [0, 0.05) is 48.7 Å². The Morgan fingerprint density at radius 2 is 2.10 bits per heavy atom. The molecule has 1 saturated heterocycles. The zero-order valence-corrected chi connectivity index (χ0v) is 11.7. The molecule has 1 aliphatic heterocycles. The van der Waals surface area contributed by atoms with Crippen molar-refractivity contribution < 1.29 is 4.79 Å². The van der Waals surface area contributed by atoms with Crippen molar-refractivity contribution in [2.45, 2.75) is 12.8 Å². The van der Waals surface area contributed by atoms with Crippen LogP contribution in [0.3, 0.4) is 0 Å². The largest absolute Gasteiger partial charge is 0.360 e. The van der Waals surface area contributed by atoms with Gasteiger partial charge in [-0.25, -0.2) is 0 Å². The fraction of sp³-hybridized carbons (Fsp3) is 0.438. The molecule has 3 rings (SSSR count). The lowest BCUT2D eigenvalue weighted by Crippen LogP contribution is -2.30. The highest BCUT2D eigenvalue weighted by atomic mass is 16.1. The quantitative estimate of drug-likeness (QED) is 0.837. The summed E-state index contributed by atoms with van der Waals surface area (Å²) in [5.74, 6) is 0.236. The van der Waals surface area contributed by atoms with E-state index in [9.17, 15) is 4.79 Å². The maximum absolute atomic E-state index is 12.4. The van der Waals surface area contributed by atoms with Crippen molar-refractivity contribution in [2.24, 2.45) is 0 Å². The van der Waals surface area contributed by atoms with Crippen molar-refractivity contribution in [3.8, 4) is 0 Å². The first-order valence-corrected chi connectivity index (χ1v) is 7.37. The highest BCUT2D eigenvalue weighted by Gasteiger charge is 2.14. The van der Waals surface area contributed by atoms with E-state index in [1.165, 1.54) is 6.42 Å². The third-order valence-corrected chi connectivity index (χ3v) is 3.98. The predicted octanol–water partition coefficient (Wildman–Crippen LogP) is 2.04. The van der Waals surface area contributed by atoms with Crippen LogP contribution in [0.2, 0.25) is 0 Å². The molecule has 0 atom stereocenters. The Hall–Kier alpha value is -1.65. The Morgan fingerprint density at radius 1 is 1.20 bits per heavy atom. The summed E-state index contributed by atoms with van der Waals surface area (Å²) in [5.41, 5.74) is 1.86. The topological polar surface area (TPSA) is 48.1 Å². The lowest BCUT2D eigenvalue weighted by molar-refractivity contribution is 0.0967. The maximum Gasteiger partial charge on any atom is 0.166 e. The molecule has 1 aromatic heterocycles. The van der Waals surface area contributed by atoms with Crippen LogP contribution in [0.25, 0.3) is 10.9 Å². The van der Waals surface area contributed by atoms with E-state index in [2.05, 4.69) is 15.2 Å². The van der Waals surface area contributed by atoms with Crippen LogP contribution in [0.5, 0.6) is 0 Å². The van der Waals surface area contributed by atoms with Crippen molar-refractivity contribution in [3.63, 3.8) is 0 Å². The van der Waals surface area contributed by atoms with E-state index in [4.69, 9.17) is 0 Å². The van der Waals surface area contributed by atoms with Crippen molar-refractivity contribution in [3.05, 3.63) is 36.0 Å². The molecule has 2 aromatic rings. The number of benzene rings is 1. The summed E-state index contributed by atoms with van der Waals surface area (Å²) in [6.07, 6.45) is 3.61. The number of rotatable bonds is 4. The minimum absolute atomic E-state index is 0.236. The molecular weight excluding hydrogens is 250 g/mol. The van der Waals surface area contributed by atoms with E-state index in [1.807, 2.05) is 30.5 Å². The first-order valence-electron chi connectivity index (χ1n) is 7.37. The van der Waals surface area contributed by atoms with Gasteiger partial charge in [-0.1, -0.05) is 18.2 Å². The number of carbonyl (C=O) groups is 1. The monoisotopic (exact) mass is 271 g/mol. The maximum atomic E-state index is 12.4. The number of nitrogens with zero attached hydrogens (tertiary/aromatic N) is 1. The number of fused-ring (bicyclic) bond motifs is 1. The molecule has 0 amide bonds. The van der Waals surface area contributed by atoms with Crippen LogP contribution >= 0.6 is 0 Å². The van der Waals surface area contributed by atoms with Crippen molar-refractivity contribution in [1.82, 2.24) is 15.2 Å². The highest BCUT2D eigenvalue weighted by Crippen LogP contribution is 2.19. The number of nitrogens with one attached hydrogen (secondary N) is 2. The van der Waals surface area contributed by atoms with Crippen LogP contribution in [0.4, 0.5) is 0 Å². The van der Waals surface area contributed by atoms with Crippen molar-refractivity contribution in [1.29, 1.82) is 0 Å². The first kappa shape index (κ1) is 13.3. The average Bonchev–Trinajstić information content (AvgIpc) is 2.73. The molecule has 1 aliphatic rings. The zero-order chi connectivity index (χ0) is 13.8. The number of ketones is 1. The second-order valence-electron chi connectivity index (χ2n) is 5.37. The molecule has 0 unspecified atom stereocenters. The zero-order valence-electron chi connectivity index (χ0n) is 11.7. The van der Waals surface area contributed by atoms with Gasteiger partial charge in [-0.05, 0) is 25.6 Å². The van der Waals surface area contributed by atoms with Gasteiger partial charge in [0.2, 0.25) is 0 Å². The number of Topliss-reactive ketones (excluding diaryl/α,β-unsaturated/α-hetero) is 1. The molecule has 0 bridgehead atoms. The van der Waals surface area contributed by atoms with E-state index in [1.54, 1.807) is 0 Å². The van der Waals surface area contributed by atoms with Gasteiger partial charge in [-0.3, -0.25) is 4.79 Å². The van der Waals surface area contributed by atoms with E-state index >= 15 is 0 Å². The molecule has 1 aromatic carbocycles. The Balaban J connectivity index is 1.64. The molecule has 20 heavy (non-hydrogen) atoms. The van der Waals surface area contributed by atoms with Gasteiger partial charge in [0.05, 0.1) is 0 Å². The normalized spacial score (nSPS) is 17.2. The molecular formula is C16H21N3O. The fourth-order valence-corrected chi connectivity index (χ4v) is 2.82. The van der Waals surface area contributed by atoms with E-state index in [0.717, 1.165) is 49.2 Å². The highest BCUT2D eigenvalue weighted by molar-refractivity contribution is 6.07. The van der Waals surface area contributed by atoms with Crippen LogP contribution in [0, 0.1) is 0 Å². The third kappa shape index (κ3) is 2.92. The third-order valence-electron chi connectivity index (χ3n) is 3.98. The first-order chi connectivity index (χ1) is 9.84. The fourth-order valence-electron chi connectivity index (χ4n) is 2.82. The second-order valence-corrected chi connectivity index (χ2v) is 5.37. The van der Waals surface area contributed by atoms with Crippen molar-refractivity contribution >= 4 is 16.7 Å². The van der Waals surface area contributed by atoms with Gasteiger partial charge in [-0.2, -0.15) is 0 Å². The Labute approximate surface area is 119 Å². The van der Waals surface area contributed by atoms with Crippen molar-refractivity contribution in [2.75, 3.05) is 32.7 Å². The number of hydrogen-bond donors (Lipinski definition) is 2. The summed E-state index contributed by atoms with van der Waals surface area (Å²) >= 11 is 0.